The fourth-order valence-electron chi connectivity index (χ4n) is 3.86. The number of carbonyl (C=O) groups is 1. The molecule has 1 aliphatic heterocycles. The molecular weight excluding hydrogens is 346 g/mol. The number of nitrogens with zero attached hydrogens (tertiary/aromatic N) is 2. The van der Waals surface area contributed by atoms with Gasteiger partial charge in [0, 0.05) is 36.2 Å². The van der Waals surface area contributed by atoms with E-state index in [1.807, 2.05) is 17.9 Å². The van der Waals surface area contributed by atoms with Crippen molar-refractivity contribution < 1.29 is 4.79 Å². The number of hydrogen-bond donors (Lipinski definition) is 1. The van der Waals surface area contributed by atoms with Crippen LogP contribution in [0.5, 0.6) is 0 Å². The van der Waals surface area contributed by atoms with Gasteiger partial charge in [-0.2, -0.15) is 0 Å². The van der Waals surface area contributed by atoms with E-state index in [-0.39, 0.29) is 29.8 Å². The summed E-state index contributed by atoms with van der Waals surface area (Å²) in [6.07, 6.45) is 0.857. The maximum Gasteiger partial charge on any atom is 0.255 e. The van der Waals surface area contributed by atoms with Gasteiger partial charge in [0.1, 0.15) is 0 Å². The second-order valence-corrected chi connectivity index (χ2v) is 8.07. The highest BCUT2D eigenvalue weighted by molar-refractivity contribution is 5.96. The van der Waals surface area contributed by atoms with Crippen molar-refractivity contribution in [1.82, 2.24) is 9.47 Å². The normalized spacial score (nSPS) is 19.2. The quantitative estimate of drug-likeness (QED) is 0.861. The molecule has 0 spiro atoms. The number of piperidine rings is 1. The van der Waals surface area contributed by atoms with Crippen LogP contribution in [0.3, 0.4) is 0 Å². The van der Waals surface area contributed by atoms with Crippen molar-refractivity contribution in [3.8, 4) is 5.69 Å². The Balaban J connectivity index is 0.00000243. The van der Waals surface area contributed by atoms with Crippen molar-refractivity contribution in [2.75, 3.05) is 13.1 Å². The highest BCUT2D eigenvalue weighted by Gasteiger charge is 2.36. The standard InChI is InChI=1S/C21H29N3O.ClH/c1-14-7-6-8-17(11-14)24-15(2)12-18(16(24)3)20(25)23-10-9-19(22)21(4,5)13-23;/h6-8,11-12,19H,9-10,13,22H2,1-5H3;1H. The van der Waals surface area contributed by atoms with Crippen LogP contribution >= 0.6 is 12.4 Å². The maximum absolute atomic E-state index is 13.2. The topological polar surface area (TPSA) is 51.3 Å². The Bertz CT molecular complexity index is 810. The van der Waals surface area contributed by atoms with Gasteiger partial charge in [0.15, 0.2) is 0 Å². The van der Waals surface area contributed by atoms with Gasteiger partial charge >= 0.3 is 0 Å². The van der Waals surface area contributed by atoms with E-state index in [1.54, 1.807) is 0 Å². The molecule has 26 heavy (non-hydrogen) atoms. The van der Waals surface area contributed by atoms with Crippen LogP contribution in [0.4, 0.5) is 0 Å². The number of nitrogens with two attached hydrogens (primary N) is 1. The fraction of sp³-hybridized carbons (Fsp3) is 0.476. The maximum atomic E-state index is 13.2. The summed E-state index contributed by atoms with van der Waals surface area (Å²) < 4.78 is 2.17. The molecule has 2 aromatic rings. The number of rotatable bonds is 2. The largest absolute Gasteiger partial charge is 0.338 e. The summed E-state index contributed by atoms with van der Waals surface area (Å²) in [7, 11) is 0. The van der Waals surface area contributed by atoms with Crippen LogP contribution in [-0.4, -0.2) is 34.5 Å². The van der Waals surface area contributed by atoms with E-state index in [2.05, 4.69) is 56.5 Å². The third kappa shape index (κ3) is 3.67. The van der Waals surface area contributed by atoms with Crippen LogP contribution < -0.4 is 5.73 Å². The van der Waals surface area contributed by atoms with Crippen molar-refractivity contribution >= 4 is 18.3 Å². The molecule has 0 radical (unpaired) electrons. The van der Waals surface area contributed by atoms with E-state index in [9.17, 15) is 4.79 Å². The second-order valence-electron chi connectivity index (χ2n) is 8.07. The molecule has 3 rings (SSSR count). The Morgan fingerprint density at radius 1 is 1.19 bits per heavy atom. The summed E-state index contributed by atoms with van der Waals surface area (Å²) in [5, 5.41) is 0. The van der Waals surface area contributed by atoms with Gasteiger partial charge in [0.05, 0.1) is 5.56 Å². The lowest BCUT2D eigenvalue weighted by molar-refractivity contribution is 0.0532. The van der Waals surface area contributed by atoms with Gasteiger partial charge < -0.3 is 15.2 Å². The zero-order valence-corrected chi connectivity index (χ0v) is 17.2. The molecule has 4 nitrogen and oxygen atoms in total. The number of carbonyl (C=O) groups excluding carboxylic acids is 1. The van der Waals surface area contributed by atoms with Crippen LogP contribution in [0.2, 0.25) is 0 Å². The van der Waals surface area contributed by atoms with E-state index >= 15 is 0 Å². The lowest BCUT2D eigenvalue weighted by Gasteiger charge is -2.42. The summed E-state index contributed by atoms with van der Waals surface area (Å²) in [5.41, 5.74) is 11.4. The molecule has 5 heteroatoms. The average Bonchev–Trinajstić information content (AvgIpc) is 2.84. The van der Waals surface area contributed by atoms with Crippen molar-refractivity contribution in [2.45, 2.75) is 47.1 Å². The molecule has 1 aliphatic rings. The third-order valence-corrected chi connectivity index (χ3v) is 5.52. The van der Waals surface area contributed by atoms with Gasteiger partial charge in [-0.3, -0.25) is 4.79 Å². The van der Waals surface area contributed by atoms with Crippen molar-refractivity contribution in [1.29, 1.82) is 0 Å². The summed E-state index contributed by atoms with van der Waals surface area (Å²) in [6, 6.07) is 10.5. The van der Waals surface area contributed by atoms with Crippen LogP contribution in [0.25, 0.3) is 5.69 Å². The number of hydrogen-bond acceptors (Lipinski definition) is 2. The SMILES string of the molecule is Cc1cccc(-n2c(C)cc(C(=O)N3CCC(N)C(C)(C)C3)c2C)c1.Cl. The Morgan fingerprint density at radius 3 is 2.50 bits per heavy atom. The number of benzene rings is 1. The minimum absolute atomic E-state index is 0. The molecule has 0 aliphatic carbocycles. The average molecular weight is 376 g/mol. The summed E-state index contributed by atoms with van der Waals surface area (Å²) in [6.45, 7) is 11.9. The molecule has 1 atom stereocenters. The number of amides is 1. The predicted octanol–water partition coefficient (Wildman–Crippen LogP) is 4.02. The fourth-order valence-corrected chi connectivity index (χ4v) is 3.86. The first-order valence-corrected chi connectivity index (χ1v) is 9.01. The molecule has 142 valence electrons. The first-order valence-electron chi connectivity index (χ1n) is 9.01. The molecular formula is C21H30ClN3O. The monoisotopic (exact) mass is 375 g/mol. The molecule has 1 amide bonds. The van der Waals surface area contributed by atoms with Crippen molar-refractivity contribution in [3.05, 3.63) is 52.8 Å². The van der Waals surface area contributed by atoms with Crippen LogP contribution in [0.15, 0.2) is 30.3 Å². The van der Waals surface area contributed by atoms with Gasteiger partial charge in [-0.05, 0) is 56.4 Å². The predicted molar refractivity (Wildman–Crippen MR) is 110 cm³/mol. The molecule has 1 unspecified atom stereocenters. The summed E-state index contributed by atoms with van der Waals surface area (Å²) >= 11 is 0. The highest BCUT2D eigenvalue weighted by atomic mass is 35.5. The molecule has 1 saturated heterocycles. The molecule has 1 aromatic carbocycles. The van der Waals surface area contributed by atoms with Gasteiger partial charge in [-0.1, -0.05) is 26.0 Å². The molecule has 2 N–H and O–H groups in total. The van der Waals surface area contributed by atoms with E-state index < -0.39 is 0 Å². The zero-order chi connectivity index (χ0) is 18.4. The van der Waals surface area contributed by atoms with Gasteiger partial charge in [-0.15, -0.1) is 12.4 Å². The highest BCUT2D eigenvalue weighted by Crippen LogP contribution is 2.30. The van der Waals surface area contributed by atoms with Crippen LogP contribution in [-0.2, 0) is 0 Å². The lowest BCUT2D eigenvalue weighted by atomic mass is 9.79. The summed E-state index contributed by atoms with van der Waals surface area (Å²) in [4.78, 5) is 15.1. The number of halogens is 1. The van der Waals surface area contributed by atoms with Crippen LogP contribution in [0.1, 0.15) is 47.6 Å². The Labute approximate surface area is 162 Å². The lowest BCUT2D eigenvalue weighted by Crippen LogP contribution is -2.54. The minimum Gasteiger partial charge on any atom is -0.338 e. The number of likely N-dealkylation sites (tertiary alicyclic amines) is 1. The van der Waals surface area contributed by atoms with E-state index in [4.69, 9.17) is 5.73 Å². The van der Waals surface area contributed by atoms with E-state index in [1.165, 1.54) is 5.56 Å². The number of aryl methyl sites for hydroxylation is 2. The molecule has 0 bridgehead atoms. The van der Waals surface area contributed by atoms with E-state index in [0.29, 0.717) is 6.54 Å². The van der Waals surface area contributed by atoms with Gasteiger partial charge in [0.25, 0.3) is 5.91 Å². The molecule has 1 fully saturated rings. The molecule has 1 aromatic heterocycles. The summed E-state index contributed by atoms with van der Waals surface area (Å²) in [5.74, 6) is 0.118. The second kappa shape index (κ2) is 7.45. The molecule has 0 saturated carbocycles. The molecule has 2 heterocycles. The van der Waals surface area contributed by atoms with Crippen LogP contribution in [0, 0.1) is 26.2 Å². The first kappa shape index (κ1) is 20.5. The number of aromatic nitrogens is 1. The third-order valence-electron chi connectivity index (χ3n) is 5.52. The van der Waals surface area contributed by atoms with Gasteiger partial charge in [0.2, 0.25) is 0 Å². The van der Waals surface area contributed by atoms with Crippen molar-refractivity contribution in [2.24, 2.45) is 11.1 Å². The zero-order valence-electron chi connectivity index (χ0n) is 16.4. The first-order chi connectivity index (χ1) is 11.7. The Hall–Kier alpha value is -1.78. The van der Waals surface area contributed by atoms with Gasteiger partial charge in [-0.25, -0.2) is 0 Å². The van der Waals surface area contributed by atoms with Crippen molar-refractivity contribution in [3.63, 3.8) is 0 Å². The Morgan fingerprint density at radius 2 is 1.88 bits per heavy atom. The minimum atomic E-state index is -0.0457. The smallest absolute Gasteiger partial charge is 0.255 e. The Kier molecular flexibility index (Phi) is 5.89. The van der Waals surface area contributed by atoms with E-state index in [0.717, 1.165) is 35.6 Å².